The molecule has 1 N–H and O–H groups in total. The van der Waals surface area contributed by atoms with Crippen molar-refractivity contribution >= 4 is 15.9 Å². The summed E-state index contributed by atoms with van der Waals surface area (Å²) < 4.78 is 19.8. The van der Waals surface area contributed by atoms with Crippen LogP contribution in [0.3, 0.4) is 0 Å². The first-order chi connectivity index (χ1) is 10.3. The van der Waals surface area contributed by atoms with Crippen LogP contribution in [0.25, 0.3) is 0 Å². The Balaban J connectivity index is 1.89. The molecule has 1 aromatic carbocycles. The molecule has 0 aromatic heterocycles. The lowest BCUT2D eigenvalue weighted by atomic mass is 9.85. The summed E-state index contributed by atoms with van der Waals surface area (Å²) in [5, 5.41) is 3.41. The van der Waals surface area contributed by atoms with Gasteiger partial charge in [0, 0.05) is 49.9 Å². The zero-order valence-corrected chi connectivity index (χ0v) is 13.7. The second-order valence-corrected chi connectivity index (χ2v) is 6.70. The summed E-state index contributed by atoms with van der Waals surface area (Å²) in [7, 11) is 0. The van der Waals surface area contributed by atoms with Gasteiger partial charge in [-0.3, -0.25) is 4.90 Å². The van der Waals surface area contributed by atoms with Gasteiger partial charge in [-0.1, -0.05) is 22.0 Å². The Labute approximate surface area is 134 Å². The van der Waals surface area contributed by atoms with Crippen molar-refractivity contribution in [2.24, 2.45) is 5.92 Å². The summed E-state index contributed by atoms with van der Waals surface area (Å²) in [6.45, 7) is 5.83. The highest BCUT2D eigenvalue weighted by Gasteiger charge is 2.32. The number of ether oxygens (including phenoxy) is 1. The molecule has 0 aliphatic carbocycles. The largest absolute Gasteiger partial charge is 0.381 e. The van der Waals surface area contributed by atoms with E-state index in [1.165, 1.54) is 5.56 Å². The van der Waals surface area contributed by atoms with Crippen LogP contribution < -0.4 is 5.32 Å². The summed E-state index contributed by atoms with van der Waals surface area (Å²) in [5.41, 5.74) is 1.21. The van der Waals surface area contributed by atoms with Gasteiger partial charge in [0.25, 0.3) is 0 Å². The Bertz CT molecular complexity index is 455. The van der Waals surface area contributed by atoms with Gasteiger partial charge in [0.1, 0.15) is 5.82 Å². The lowest BCUT2D eigenvalue weighted by molar-refractivity contribution is 0.0211. The van der Waals surface area contributed by atoms with E-state index in [1.54, 1.807) is 12.1 Å². The molecule has 3 rings (SSSR count). The lowest BCUT2D eigenvalue weighted by Gasteiger charge is -2.41. The molecule has 5 heteroatoms. The predicted octanol–water partition coefficient (Wildman–Crippen LogP) is 2.96. The molecule has 2 aliphatic heterocycles. The van der Waals surface area contributed by atoms with Gasteiger partial charge in [-0.05, 0) is 36.5 Å². The van der Waals surface area contributed by atoms with Gasteiger partial charge in [-0.25, -0.2) is 4.39 Å². The van der Waals surface area contributed by atoms with Crippen molar-refractivity contribution in [1.29, 1.82) is 0 Å². The maximum Gasteiger partial charge on any atom is 0.124 e. The molecule has 0 spiro atoms. The SMILES string of the molecule is Fc1ccc([C@@H](C2CCOCC2)N2CCNCC2)c(Br)c1. The summed E-state index contributed by atoms with van der Waals surface area (Å²) in [4.78, 5) is 2.55. The quantitative estimate of drug-likeness (QED) is 0.900. The molecular formula is C16H22BrFN2O. The first-order valence-electron chi connectivity index (χ1n) is 7.73. The minimum Gasteiger partial charge on any atom is -0.381 e. The fourth-order valence-corrected chi connectivity index (χ4v) is 4.07. The van der Waals surface area contributed by atoms with Crippen molar-refractivity contribution in [1.82, 2.24) is 10.2 Å². The third-order valence-corrected chi connectivity index (χ3v) is 5.23. The number of halogens is 2. The number of nitrogens with zero attached hydrogens (tertiary/aromatic N) is 1. The van der Waals surface area contributed by atoms with Crippen LogP contribution >= 0.6 is 15.9 Å². The zero-order valence-electron chi connectivity index (χ0n) is 12.2. The van der Waals surface area contributed by atoms with E-state index in [0.717, 1.165) is 56.7 Å². The maximum absolute atomic E-state index is 13.4. The van der Waals surface area contributed by atoms with Crippen molar-refractivity contribution in [2.75, 3.05) is 39.4 Å². The van der Waals surface area contributed by atoms with Crippen LogP contribution in [0.4, 0.5) is 4.39 Å². The molecule has 2 aliphatic rings. The molecule has 0 radical (unpaired) electrons. The molecule has 0 amide bonds. The number of hydrogen-bond acceptors (Lipinski definition) is 3. The average Bonchev–Trinajstić information content (AvgIpc) is 2.52. The lowest BCUT2D eigenvalue weighted by Crippen LogP contribution is -2.47. The van der Waals surface area contributed by atoms with Gasteiger partial charge in [-0.2, -0.15) is 0 Å². The van der Waals surface area contributed by atoms with Crippen LogP contribution in [-0.2, 0) is 4.74 Å². The highest BCUT2D eigenvalue weighted by molar-refractivity contribution is 9.10. The molecule has 0 saturated carbocycles. The predicted molar refractivity (Wildman–Crippen MR) is 84.8 cm³/mol. The van der Waals surface area contributed by atoms with Gasteiger partial charge >= 0.3 is 0 Å². The molecule has 1 atom stereocenters. The number of nitrogens with one attached hydrogen (secondary N) is 1. The Hall–Kier alpha value is -0.490. The van der Waals surface area contributed by atoms with Crippen LogP contribution in [0.2, 0.25) is 0 Å². The second kappa shape index (κ2) is 7.18. The van der Waals surface area contributed by atoms with E-state index in [0.29, 0.717) is 12.0 Å². The van der Waals surface area contributed by atoms with Crippen molar-refractivity contribution < 1.29 is 9.13 Å². The highest BCUT2D eigenvalue weighted by Crippen LogP contribution is 2.38. The van der Waals surface area contributed by atoms with Gasteiger partial charge in [0.05, 0.1) is 0 Å². The zero-order chi connectivity index (χ0) is 14.7. The van der Waals surface area contributed by atoms with E-state index in [1.807, 2.05) is 6.07 Å². The third kappa shape index (κ3) is 3.65. The molecule has 0 unspecified atom stereocenters. The number of rotatable bonds is 3. The minimum atomic E-state index is -0.184. The summed E-state index contributed by atoms with van der Waals surface area (Å²) in [6, 6.07) is 5.46. The first kappa shape index (κ1) is 15.4. The molecular weight excluding hydrogens is 335 g/mol. The first-order valence-corrected chi connectivity index (χ1v) is 8.52. The van der Waals surface area contributed by atoms with Crippen molar-refractivity contribution in [3.8, 4) is 0 Å². The van der Waals surface area contributed by atoms with Crippen LogP contribution in [-0.4, -0.2) is 44.3 Å². The smallest absolute Gasteiger partial charge is 0.124 e. The van der Waals surface area contributed by atoms with E-state index in [9.17, 15) is 4.39 Å². The van der Waals surface area contributed by atoms with Crippen molar-refractivity contribution in [2.45, 2.75) is 18.9 Å². The van der Waals surface area contributed by atoms with Crippen LogP contribution in [0.5, 0.6) is 0 Å². The molecule has 1 aromatic rings. The Morgan fingerprint density at radius 3 is 2.62 bits per heavy atom. The average molecular weight is 357 g/mol. The number of benzene rings is 1. The van der Waals surface area contributed by atoms with E-state index < -0.39 is 0 Å². The van der Waals surface area contributed by atoms with E-state index in [2.05, 4.69) is 26.1 Å². The molecule has 21 heavy (non-hydrogen) atoms. The molecule has 116 valence electrons. The van der Waals surface area contributed by atoms with E-state index >= 15 is 0 Å². The topological polar surface area (TPSA) is 24.5 Å². The van der Waals surface area contributed by atoms with Crippen LogP contribution in [0.1, 0.15) is 24.4 Å². The monoisotopic (exact) mass is 356 g/mol. The number of piperazine rings is 1. The Morgan fingerprint density at radius 2 is 1.95 bits per heavy atom. The van der Waals surface area contributed by atoms with Crippen LogP contribution in [0.15, 0.2) is 22.7 Å². The van der Waals surface area contributed by atoms with Crippen molar-refractivity contribution in [3.63, 3.8) is 0 Å². The van der Waals surface area contributed by atoms with Gasteiger partial charge < -0.3 is 10.1 Å². The Morgan fingerprint density at radius 1 is 1.24 bits per heavy atom. The maximum atomic E-state index is 13.4. The molecule has 2 fully saturated rings. The molecule has 2 heterocycles. The summed E-state index contributed by atoms with van der Waals surface area (Å²) in [6.07, 6.45) is 2.16. The fraction of sp³-hybridized carbons (Fsp3) is 0.625. The fourth-order valence-electron chi connectivity index (χ4n) is 3.48. The molecule has 2 saturated heterocycles. The standard InChI is InChI=1S/C16H22BrFN2O/c17-15-11-13(18)1-2-14(15)16(12-3-9-21-10-4-12)20-7-5-19-6-8-20/h1-2,11-12,16,19H,3-10H2/t16-/m1/s1. The second-order valence-electron chi connectivity index (χ2n) is 5.85. The highest BCUT2D eigenvalue weighted by atomic mass is 79.9. The third-order valence-electron chi connectivity index (χ3n) is 4.54. The minimum absolute atomic E-state index is 0.184. The Kier molecular flexibility index (Phi) is 5.27. The van der Waals surface area contributed by atoms with Gasteiger partial charge in [-0.15, -0.1) is 0 Å². The van der Waals surface area contributed by atoms with E-state index in [4.69, 9.17) is 4.74 Å². The van der Waals surface area contributed by atoms with E-state index in [-0.39, 0.29) is 5.82 Å². The molecule has 0 bridgehead atoms. The number of hydrogen-bond donors (Lipinski definition) is 1. The van der Waals surface area contributed by atoms with Gasteiger partial charge in [0.15, 0.2) is 0 Å². The summed E-state index contributed by atoms with van der Waals surface area (Å²) in [5.74, 6) is 0.398. The normalized spacial score (nSPS) is 23.1. The van der Waals surface area contributed by atoms with Crippen LogP contribution in [0, 0.1) is 11.7 Å². The van der Waals surface area contributed by atoms with Crippen molar-refractivity contribution in [3.05, 3.63) is 34.1 Å². The molecule has 3 nitrogen and oxygen atoms in total. The summed E-state index contributed by atoms with van der Waals surface area (Å²) >= 11 is 3.57. The van der Waals surface area contributed by atoms with Gasteiger partial charge in [0.2, 0.25) is 0 Å².